The van der Waals surface area contributed by atoms with E-state index in [-0.39, 0.29) is 0 Å². The average molecular weight is 265 g/mol. The van der Waals surface area contributed by atoms with E-state index in [2.05, 4.69) is 42.2 Å². The second-order valence-corrected chi connectivity index (χ2v) is 4.83. The molecule has 0 aliphatic heterocycles. The lowest BCUT2D eigenvalue weighted by atomic mass is 9.93. The van der Waals surface area contributed by atoms with Crippen molar-refractivity contribution in [2.75, 3.05) is 5.73 Å². The van der Waals surface area contributed by atoms with Gasteiger partial charge in [-0.2, -0.15) is 5.26 Å². The topological polar surface area (TPSA) is 62.7 Å². The van der Waals surface area contributed by atoms with Crippen LogP contribution in [0.5, 0.6) is 0 Å². The number of hydrogen-bond acceptors (Lipinski definition) is 3. The van der Waals surface area contributed by atoms with Gasteiger partial charge in [0.25, 0.3) is 0 Å². The van der Waals surface area contributed by atoms with Gasteiger partial charge < -0.3 is 5.73 Å². The molecule has 1 aromatic carbocycles. The SMILES string of the molecule is CCc1ccc(-c2c(C)c(CC)nc(N)c2C#N)cc1. The van der Waals surface area contributed by atoms with Crippen molar-refractivity contribution in [3.63, 3.8) is 0 Å². The zero-order valence-corrected chi connectivity index (χ0v) is 12.2. The molecule has 0 radical (unpaired) electrons. The molecule has 3 heteroatoms. The van der Waals surface area contributed by atoms with Crippen LogP contribution in [0.4, 0.5) is 5.82 Å². The average Bonchev–Trinajstić information content (AvgIpc) is 2.48. The smallest absolute Gasteiger partial charge is 0.142 e. The molecular weight excluding hydrogens is 246 g/mol. The number of aryl methyl sites for hydroxylation is 2. The summed E-state index contributed by atoms with van der Waals surface area (Å²) in [6.45, 7) is 6.18. The van der Waals surface area contributed by atoms with Gasteiger partial charge in [0.1, 0.15) is 17.5 Å². The van der Waals surface area contributed by atoms with E-state index in [0.29, 0.717) is 11.4 Å². The molecule has 0 unspecified atom stereocenters. The van der Waals surface area contributed by atoms with E-state index in [4.69, 9.17) is 5.73 Å². The van der Waals surface area contributed by atoms with Gasteiger partial charge in [0.15, 0.2) is 0 Å². The fourth-order valence-electron chi connectivity index (χ4n) is 2.47. The lowest BCUT2D eigenvalue weighted by molar-refractivity contribution is 1.01. The number of anilines is 1. The van der Waals surface area contributed by atoms with E-state index in [1.807, 2.05) is 13.8 Å². The molecule has 0 atom stereocenters. The number of nitrogens with two attached hydrogens (primary N) is 1. The number of rotatable bonds is 3. The quantitative estimate of drug-likeness (QED) is 0.921. The molecule has 2 N–H and O–H groups in total. The van der Waals surface area contributed by atoms with Crippen molar-refractivity contribution in [3.8, 4) is 17.2 Å². The zero-order valence-electron chi connectivity index (χ0n) is 12.2. The Bertz CT molecular complexity index is 663. The van der Waals surface area contributed by atoms with Crippen LogP contribution in [0, 0.1) is 18.3 Å². The number of pyridine rings is 1. The molecule has 3 nitrogen and oxygen atoms in total. The normalized spacial score (nSPS) is 10.3. The zero-order chi connectivity index (χ0) is 14.7. The van der Waals surface area contributed by atoms with Crippen LogP contribution in [0.25, 0.3) is 11.1 Å². The van der Waals surface area contributed by atoms with Gasteiger partial charge in [0.2, 0.25) is 0 Å². The molecule has 0 fully saturated rings. The first-order valence-corrected chi connectivity index (χ1v) is 6.90. The van der Waals surface area contributed by atoms with Crippen molar-refractivity contribution < 1.29 is 0 Å². The van der Waals surface area contributed by atoms with Crippen LogP contribution in [-0.4, -0.2) is 4.98 Å². The molecule has 20 heavy (non-hydrogen) atoms. The lowest BCUT2D eigenvalue weighted by Crippen LogP contribution is -2.05. The Balaban J connectivity index is 2.70. The minimum Gasteiger partial charge on any atom is -0.383 e. The third-order valence-corrected chi connectivity index (χ3v) is 3.67. The van der Waals surface area contributed by atoms with E-state index < -0.39 is 0 Å². The molecule has 0 amide bonds. The van der Waals surface area contributed by atoms with Gasteiger partial charge >= 0.3 is 0 Å². The molecule has 2 rings (SSSR count). The van der Waals surface area contributed by atoms with Crippen LogP contribution >= 0.6 is 0 Å². The van der Waals surface area contributed by atoms with E-state index >= 15 is 0 Å². The summed E-state index contributed by atoms with van der Waals surface area (Å²) in [5, 5.41) is 9.38. The van der Waals surface area contributed by atoms with Gasteiger partial charge in [-0.25, -0.2) is 4.98 Å². The maximum Gasteiger partial charge on any atom is 0.142 e. The summed E-state index contributed by atoms with van der Waals surface area (Å²) in [5.74, 6) is 0.324. The molecule has 0 aliphatic carbocycles. The number of nitriles is 1. The number of hydrogen-bond donors (Lipinski definition) is 1. The number of aromatic nitrogens is 1. The predicted octanol–water partition coefficient (Wildman–Crippen LogP) is 3.64. The maximum absolute atomic E-state index is 9.38. The van der Waals surface area contributed by atoms with Crippen molar-refractivity contribution in [3.05, 3.63) is 46.6 Å². The molecule has 1 heterocycles. The van der Waals surface area contributed by atoms with Crippen molar-refractivity contribution in [2.45, 2.75) is 33.6 Å². The molecule has 0 saturated heterocycles. The molecule has 2 aromatic rings. The molecule has 102 valence electrons. The van der Waals surface area contributed by atoms with Gasteiger partial charge in [-0.3, -0.25) is 0 Å². The third kappa shape index (κ3) is 2.37. The first kappa shape index (κ1) is 14.1. The van der Waals surface area contributed by atoms with Crippen molar-refractivity contribution in [1.29, 1.82) is 5.26 Å². The van der Waals surface area contributed by atoms with Crippen LogP contribution in [0.3, 0.4) is 0 Å². The Morgan fingerprint density at radius 3 is 2.30 bits per heavy atom. The van der Waals surface area contributed by atoms with Crippen molar-refractivity contribution in [1.82, 2.24) is 4.98 Å². The van der Waals surface area contributed by atoms with E-state index in [1.54, 1.807) is 0 Å². The highest BCUT2D eigenvalue weighted by Gasteiger charge is 2.16. The highest BCUT2D eigenvalue weighted by atomic mass is 14.8. The Morgan fingerprint density at radius 2 is 1.80 bits per heavy atom. The minimum atomic E-state index is 0.324. The maximum atomic E-state index is 9.38. The molecule has 0 saturated carbocycles. The van der Waals surface area contributed by atoms with Crippen LogP contribution in [0.1, 0.15) is 36.2 Å². The van der Waals surface area contributed by atoms with Crippen molar-refractivity contribution >= 4 is 5.82 Å². The van der Waals surface area contributed by atoms with Crippen LogP contribution < -0.4 is 5.73 Å². The standard InChI is InChI=1S/C17H19N3/c1-4-12-6-8-13(9-7-12)16-11(3)15(5-2)20-17(19)14(16)10-18/h6-9H,4-5H2,1-3H3,(H2,19,20). The Labute approximate surface area is 120 Å². The fraction of sp³-hybridized carbons (Fsp3) is 0.294. The Morgan fingerprint density at radius 1 is 1.15 bits per heavy atom. The minimum absolute atomic E-state index is 0.324. The Hall–Kier alpha value is -2.34. The van der Waals surface area contributed by atoms with E-state index in [9.17, 15) is 5.26 Å². The van der Waals surface area contributed by atoms with E-state index in [1.165, 1.54) is 5.56 Å². The van der Waals surface area contributed by atoms with Gasteiger partial charge in [-0.05, 0) is 36.5 Å². The van der Waals surface area contributed by atoms with Gasteiger partial charge in [0.05, 0.1) is 0 Å². The second kappa shape index (κ2) is 5.75. The molecular formula is C17H19N3. The summed E-state index contributed by atoms with van der Waals surface area (Å²) < 4.78 is 0. The first-order chi connectivity index (χ1) is 9.62. The fourth-order valence-corrected chi connectivity index (χ4v) is 2.47. The largest absolute Gasteiger partial charge is 0.383 e. The van der Waals surface area contributed by atoms with E-state index in [0.717, 1.165) is 35.2 Å². The molecule has 0 spiro atoms. The summed E-state index contributed by atoms with van der Waals surface area (Å²) in [5.41, 5.74) is 11.6. The predicted molar refractivity (Wildman–Crippen MR) is 82.3 cm³/mol. The summed E-state index contributed by atoms with van der Waals surface area (Å²) in [4.78, 5) is 4.34. The summed E-state index contributed by atoms with van der Waals surface area (Å²) in [7, 11) is 0. The van der Waals surface area contributed by atoms with Gasteiger partial charge in [-0.1, -0.05) is 38.1 Å². The number of nitrogen functional groups attached to an aromatic ring is 1. The lowest BCUT2D eigenvalue weighted by Gasteiger charge is -2.14. The molecule has 0 bridgehead atoms. The monoisotopic (exact) mass is 265 g/mol. The van der Waals surface area contributed by atoms with Crippen LogP contribution in [0.2, 0.25) is 0 Å². The van der Waals surface area contributed by atoms with Crippen LogP contribution in [-0.2, 0) is 12.8 Å². The second-order valence-electron chi connectivity index (χ2n) is 4.83. The third-order valence-electron chi connectivity index (χ3n) is 3.67. The van der Waals surface area contributed by atoms with Gasteiger partial charge in [0, 0.05) is 11.3 Å². The highest BCUT2D eigenvalue weighted by molar-refractivity contribution is 5.79. The molecule has 0 aliphatic rings. The number of benzene rings is 1. The summed E-state index contributed by atoms with van der Waals surface area (Å²) in [6, 6.07) is 10.5. The highest BCUT2D eigenvalue weighted by Crippen LogP contribution is 2.32. The van der Waals surface area contributed by atoms with Gasteiger partial charge in [-0.15, -0.1) is 0 Å². The Kier molecular flexibility index (Phi) is 4.05. The summed E-state index contributed by atoms with van der Waals surface area (Å²) in [6.07, 6.45) is 1.81. The van der Waals surface area contributed by atoms with Crippen molar-refractivity contribution in [2.24, 2.45) is 0 Å². The summed E-state index contributed by atoms with van der Waals surface area (Å²) >= 11 is 0. The first-order valence-electron chi connectivity index (χ1n) is 6.90. The number of nitrogens with zero attached hydrogens (tertiary/aromatic N) is 2. The molecule has 1 aromatic heterocycles. The van der Waals surface area contributed by atoms with Crippen LogP contribution in [0.15, 0.2) is 24.3 Å².